The van der Waals surface area contributed by atoms with Crippen LogP contribution in [0.25, 0.3) is 5.69 Å². The van der Waals surface area contributed by atoms with E-state index in [0.29, 0.717) is 10.7 Å². The van der Waals surface area contributed by atoms with E-state index in [1.807, 2.05) is 78.9 Å². The molecule has 0 bridgehead atoms. The fourth-order valence-electron chi connectivity index (χ4n) is 2.80. The number of amides is 1. The van der Waals surface area contributed by atoms with Gasteiger partial charge in [0.1, 0.15) is 12.1 Å². The predicted octanol–water partition coefficient (Wildman–Crippen LogP) is 4.82. The zero-order valence-electron chi connectivity index (χ0n) is 16.4. The number of rotatable bonds is 7. The number of hydrogen-bond donors (Lipinski definition) is 1. The third-order valence-electron chi connectivity index (χ3n) is 4.42. The van der Waals surface area contributed by atoms with E-state index in [-0.39, 0.29) is 5.91 Å². The molecule has 1 aromatic heterocycles. The highest BCUT2D eigenvalue weighted by molar-refractivity contribution is 7.98. The third kappa shape index (κ3) is 4.87. The van der Waals surface area contributed by atoms with Crippen molar-refractivity contribution in [2.45, 2.75) is 10.9 Å². The number of methoxy groups -OCH3 is 1. The number of hydrogen-bond acceptors (Lipinski definition) is 5. The highest BCUT2D eigenvalue weighted by Gasteiger charge is 2.08. The van der Waals surface area contributed by atoms with Crippen LogP contribution in [-0.4, -0.2) is 27.8 Å². The number of nitrogens with one attached hydrogen (secondary N) is 1. The molecule has 0 aliphatic rings. The maximum atomic E-state index is 12.4. The van der Waals surface area contributed by atoms with Crippen molar-refractivity contribution in [3.8, 4) is 11.4 Å². The van der Waals surface area contributed by atoms with Gasteiger partial charge in [-0.2, -0.15) is 0 Å². The number of carbonyl (C=O) groups is 1. The molecular formula is C23H20N4O2S. The van der Waals surface area contributed by atoms with Crippen molar-refractivity contribution < 1.29 is 9.53 Å². The van der Waals surface area contributed by atoms with Gasteiger partial charge in [0.05, 0.1) is 12.8 Å². The SMILES string of the molecule is COc1ccc(NC(=O)c2ccc(CSc3ncn(-c4ccccc4)n3)cc2)cc1. The van der Waals surface area contributed by atoms with E-state index in [2.05, 4.69) is 15.4 Å². The van der Waals surface area contributed by atoms with Crippen LogP contribution in [0.3, 0.4) is 0 Å². The zero-order valence-corrected chi connectivity index (χ0v) is 17.2. The lowest BCUT2D eigenvalue weighted by atomic mass is 10.1. The smallest absolute Gasteiger partial charge is 0.255 e. The van der Waals surface area contributed by atoms with Gasteiger partial charge in [0.25, 0.3) is 5.91 Å². The average molecular weight is 417 g/mol. The van der Waals surface area contributed by atoms with E-state index >= 15 is 0 Å². The van der Waals surface area contributed by atoms with Gasteiger partial charge in [0, 0.05) is 17.0 Å². The molecule has 0 radical (unpaired) electrons. The maximum absolute atomic E-state index is 12.4. The molecule has 0 saturated heterocycles. The molecule has 0 aliphatic heterocycles. The number of benzene rings is 3. The molecule has 0 saturated carbocycles. The summed E-state index contributed by atoms with van der Waals surface area (Å²) < 4.78 is 6.88. The molecule has 0 aliphatic carbocycles. The summed E-state index contributed by atoms with van der Waals surface area (Å²) in [6, 6.07) is 24.7. The van der Waals surface area contributed by atoms with E-state index in [1.165, 1.54) is 0 Å². The number of para-hydroxylation sites is 1. The molecule has 0 spiro atoms. The molecule has 3 aromatic carbocycles. The molecule has 7 heteroatoms. The molecule has 150 valence electrons. The first-order valence-electron chi connectivity index (χ1n) is 9.35. The maximum Gasteiger partial charge on any atom is 0.255 e. The standard InChI is InChI=1S/C23H20N4O2S/c1-29-21-13-11-19(12-14-21)25-22(28)18-9-7-17(8-10-18)15-30-23-24-16-27(26-23)20-5-3-2-4-6-20/h2-14,16H,15H2,1H3,(H,25,28). The van der Waals surface area contributed by atoms with Crippen LogP contribution in [-0.2, 0) is 5.75 Å². The highest BCUT2D eigenvalue weighted by Crippen LogP contribution is 2.21. The number of ether oxygens (including phenoxy) is 1. The summed E-state index contributed by atoms with van der Waals surface area (Å²) in [5, 5.41) is 8.09. The minimum atomic E-state index is -0.150. The van der Waals surface area contributed by atoms with Crippen molar-refractivity contribution in [2.24, 2.45) is 0 Å². The van der Waals surface area contributed by atoms with Crippen molar-refractivity contribution >= 4 is 23.4 Å². The fraction of sp³-hybridized carbons (Fsp3) is 0.0870. The summed E-state index contributed by atoms with van der Waals surface area (Å²) in [4.78, 5) is 16.8. The number of anilines is 1. The van der Waals surface area contributed by atoms with Crippen LogP contribution >= 0.6 is 11.8 Å². The zero-order chi connectivity index (χ0) is 20.8. The molecule has 4 aromatic rings. The van der Waals surface area contributed by atoms with Crippen LogP contribution in [0.2, 0.25) is 0 Å². The Balaban J connectivity index is 1.33. The minimum absolute atomic E-state index is 0.150. The van der Waals surface area contributed by atoms with Gasteiger partial charge in [-0.3, -0.25) is 4.79 Å². The lowest BCUT2D eigenvalue weighted by Gasteiger charge is -2.07. The summed E-state index contributed by atoms with van der Waals surface area (Å²) >= 11 is 1.55. The Morgan fingerprint density at radius 1 is 1.00 bits per heavy atom. The fourth-order valence-corrected chi connectivity index (χ4v) is 3.55. The Kier molecular flexibility index (Phi) is 6.10. The minimum Gasteiger partial charge on any atom is -0.497 e. The van der Waals surface area contributed by atoms with E-state index in [9.17, 15) is 4.79 Å². The Morgan fingerprint density at radius 2 is 1.73 bits per heavy atom. The molecule has 1 amide bonds. The van der Waals surface area contributed by atoms with Gasteiger partial charge in [0.2, 0.25) is 5.16 Å². The van der Waals surface area contributed by atoms with E-state index < -0.39 is 0 Å². The van der Waals surface area contributed by atoms with Gasteiger partial charge in [-0.15, -0.1) is 5.10 Å². The third-order valence-corrected chi connectivity index (χ3v) is 5.35. The van der Waals surface area contributed by atoms with E-state index in [4.69, 9.17) is 4.74 Å². The lowest BCUT2D eigenvalue weighted by molar-refractivity contribution is 0.102. The van der Waals surface area contributed by atoms with Gasteiger partial charge in [0.15, 0.2) is 0 Å². The largest absolute Gasteiger partial charge is 0.497 e. The van der Waals surface area contributed by atoms with Crippen LogP contribution in [0, 0.1) is 0 Å². The van der Waals surface area contributed by atoms with Crippen molar-refractivity contribution in [1.82, 2.24) is 14.8 Å². The van der Waals surface area contributed by atoms with Crippen molar-refractivity contribution in [1.29, 1.82) is 0 Å². The van der Waals surface area contributed by atoms with E-state index in [0.717, 1.165) is 28.4 Å². The Bertz CT molecular complexity index is 1110. The number of thioether (sulfide) groups is 1. The summed E-state index contributed by atoms with van der Waals surface area (Å²) in [7, 11) is 1.61. The second-order valence-corrected chi connectivity index (χ2v) is 7.42. The molecule has 0 unspecified atom stereocenters. The summed E-state index contributed by atoms with van der Waals surface area (Å²) in [6.45, 7) is 0. The second-order valence-electron chi connectivity index (χ2n) is 6.48. The van der Waals surface area contributed by atoms with Crippen LogP contribution in [0.5, 0.6) is 5.75 Å². The van der Waals surface area contributed by atoms with Crippen LogP contribution < -0.4 is 10.1 Å². The number of aromatic nitrogens is 3. The monoisotopic (exact) mass is 416 g/mol. The lowest BCUT2D eigenvalue weighted by Crippen LogP contribution is -2.11. The van der Waals surface area contributed by atoms with Gasteiger partial charge in [-0.25, -0.2) is 9.67 Å². The van der Waals surface area contributed by atoms with Gasteiger partial charge < -0.3 is 10.1 Å². The van der Waals surface area contributed by atoms with Crippen molar-refractivity contribution in [3.63, 3.8) is 0 Å². The van der Waals surface area contributed by atoms with Crippen molar-refractivity contribution in [3.05, 3.63) is 96.3 Å². The normalized spacial score (nSPS) is 10.6. The summed E-state index contributed by atoms with van der Waals surface area (Å²) in [6.07, 6.45) is 1.71. The molecular weight excluding hydrogens is 396 g/mol. The first-order chi connectivity index (χ1) is 14.7. The first-order valence-corrected chi connectivity index (χ1v) is 10.3. The van der Waals surface area contributed by atoms with Crippen LogP contribution in [0.1, 0.15) is 15.9 Å². The second kappa shape index (κ2) is 9.28. The Hall–Kier alpha value is -3.58. The average Bonchev–Trinajstić information content (AvgIpc) is 3.28. The predicted molar refractivity (Wildman–Crippen MR) is 118 cm³/mol. The molecule has 0 fully saturated rings. The Morgan fingerprint density at radius 3 is 2.43 bits per heavy atom. The number of carbonyl (C=O) groups excluding carboxylic acids is 1. The van der Waals surface area contributed by atoms with Crippen LogP contribution in [0.4, 0.5) is 5.69 Å². The summed E-state index contributed by atoms with van der Waals surface area (Å²) in [5.74, 6) is 1.32. The summed E-state index contributed by atoms with van der Waals surface area (Å²) in [5.41, 5.74) is 3.40. The van der Waals surface area contributed by atoms with Gasteiger partial charge in [-0.05, 0) is 54.1 Å². The Labute approximate surface area is 178 Å². The topological polar surface area (TPSA) is 69.0 Å². The first kappa shape index (κ1) is 19.7. The van der Waals surface area contributed by atoms with Crippen molar-refractivity contribution in [2.75, 3.05) is 12.4 Å². The molecule has 6 nitrogen and oxygen atoms in total. The molecule has 0 atom stereocenters. The quantitative estimate of drug-likeness (QED) is 0.438. The molecule has 1 N–H and O–H groups in total. The van der Waals surface area contributed by atoms with E-state index in [1.54, 1.807) is 29.9 Å². The highest BCUT2D eigenvalue weighted by atomic mass is 32.2. The molecule has 4 rings (SSSR count). The molecule has 30 heavy (non-hydrogen) atoms. The number of nitrogens with zero attached hydrogens (tertiary/aromatic N) is 3. The van der Waals surface area contributed by atoms with Gasteiger partial charge >= 0.3 is 0 Å². The van der Waals surface area contributed by atoms with Crippen LogP contribution in [0.15, 0.2) is 90.3 Å². The molecule has 1 heterocycles. The van der Waals surface area contributed by atoms with Gasteiger partial charge in [-0.1, -0.05) is 42.1 Å².